The Labute approximate surface area is 114 Å². The summed E-state index contributed by atoms with van der Waals surface area (Å²) in [6.45, 7) is 1.71. The third-order valence-corrected chi connectivity index (χ3v) is 3.46. The summed E-state index contributed by atoms with van der Waals surface area (Å²) < 4.78 is 5.74. The molecule has 0 fully saturated rings. The number of methoxy groups -OCH3 is 1. The molecule has 0 saturated heterocycles. The molecular formula is C13H13BrN2O2. The first-order valence-electron chi connectivity index (χ1n) is 5.39. The molecule has 0 aliphatic rings. The number of hydrogen-bond acceptors (Lipinski definition) is 4. The molecule has 1 unspecified atom stereocenters. The predicted octanol–water partition coefficient (Wildman–Crippen LogP) is 2.50. The normalized spacial score (nSPS) is 14.0. The summed E-state index contributed by atoms with van der Waals surface area (Å²) in [7, 11) is 1.50. The van der Waals surface area contributed by atoms with Crippen LogP contribution >= 0.6 is 15.9 Å². The van der Waals surface area contributed by atoms with Crippen LogP contribution in [0.1, 0.15) is 18.1 Å². The molecule has 94 valence electrons. The molecule has 1 atom stereocenters. The molecular weight excluding hydrogens is 296 g/mol. The fourth-order valence-electron chi connectivity index (χ4n) is 1.68. The Morgan fingerprint density at radius 3 is 2.39 bits per heavy atom. The van der Waals surface area contributed by atoms with E-state index in [4.69, 9.17) is 4.74 Å². The minimum Gasteiger partial charge on any atom is -0.467 e. The molecule has 0 saturated carbocycles. The van der Waals surface area contributed by atoms with Crippen molar-refractivity contribution in [3.63, 3.8) is 0 Å². The van der Waals surface area contributed by atoms with Crippen molar-refractivity contribution in [3.05, 3.63) is 52.3 Å². The van der Waals surface area contributed by atoms with Crippen LogP contribution < -0.4 is 4.74 Å². The molecule has 0 amide bonds. The fourth-order valence-corrected chi connectivity index (χ4v) is 2.36. The van der Waals surface area contributed by atoms with E-state index in [0.717, 1.165) is 10.0 Å². The van der Waals surface area contributed by atoms with Gasteiger partial charge in [-0.1, -0.05) is 34.1 Å². The number of halogens is 1. The molecule has 0 aliphatic carbocycles. The van der Waals surface area contributed by atoms with Crippen molar-refractivity contribution in [3.8, 4) is 6.01 Å². The van der Waals surface area contributed by atoms with Gasteiger partial charge in [-0.3, -0.25) is 0 Å². The van der Waals surface area contributed by atoms with Crippen molar-refractivity contribution >= 4 is 15.9 Å². The fraction of sp³-hybridized carbons (Fsp3) is 0.231. The molecule has 1 aromatic carbocycles. The third-order valence-electron chi connectivity index (χ3n) is 2.77. The lowest BCUT2D eigenvalue weighted by Crippen LogP contribution is -2.23. The Morgan fingerprint density at radius 1 is 1.22 bits per heavy atom. The van der Waals surface area contributed by atoms with E-state index < -0.39 is 5.60 Å². The van der Waals surface area contributed by atoms with Crippen molar-refractivity contribution in [2.45, 2.75) is 12.5 Å². The van der Waals surface area contributed by atoms with Crippen LogP contribution in [-0.2, 0) is 5.60 Å². The molecule has 0 bridgehead atoms. The second kappa shape index (κ2) is 5.04. The molecule has 2 aromatic rings. The number of benzene rings is 1. The van der Waals surface area contributed by atoms with E-state index >= 15 is 0 Å². The summed E-state index contributed by atoms with van der Waals surface area (Å²) in [4.78, 5) is 8.02. The van der Waals surface area contributed by atoms with Crippen molar-refractivity contribution < 1.29 is 9.84 Å². The van der Waals surface area contributed by atoms with E-state index in [1.807, 2.05) is 24.3 Å². The van der Waals surface area contributed by atoms with Gasteiger partial charge in [-0.05, 0) is 13.0 Å². The summed E-state index contributed by atoms with van der Waals surface area (Å²) in [5, 5.41) is 10.7. The molecule has 1 heterocycles. The smallest absolute Gasteiger partial charge is 0.316 e. The van der Waals surface area contributed by atoms with Crippen LogP contribution in [-0.4, -0.2) is 22.2 Å². The minimum absolute atomic E-state index is 0.279. The molecule has 0 radical (unpaired) electrons. The van der Waals surface area contributed by atoms with E-state index in [1.54, 1.807) is 19.3 Å². The van der Waals surface area contributed by atoms with Gasteiger partial charge in [0.1, 0.15) is 5.60 Å². The van der Waals surface area contributed by atoms with Crippen LogP contribution in [0.2, 0.25) is 0 Å². The molecule has 0 spiro atoms. The summed E-state index contributed by atoms with van der Waals surface area (Å²) in [6.07, 6.45) is 3.12. The lowest BCUT2D eigenvalue weighted by molar-refractivity contribution is 0.100. The van der Waals surface area contributed by atoms with Crippen LogP contribution in [0.5, 0.6) is 6.01 Å². The van der Waals surface area contributed by atoms with Gasteiger partial charge in [0, 0.05) is 28.0 Å². The summed E-state index contributed by atoms with van der Waals surface area (Å²) in [5.41, 5.74) is 0.209. The number of hydrogen-bond donors (Lipinski definition) is 1. The molecule has 18 heavy (non-hydrogen) atoms. The second-order valence-corrected chi connectivity index (χ2v) is 4.86. The van der Waals surface area contributed by atoms with Gasteiger partial charge in [0.15, 0.2) is 0 Å². The van der Waals surface area contributed by atoms with Gasteiger partial charge in [0.25, 0.3) is 0 Å². The number of rotatable bonds is 3. The monoisotopic (exact) mass is 308 g/mol. The summed E-state index contributed by atoms with van der Waals surface area (Å²) in [6, 6.07) is 7.79. The van der Waals surface area contributed by atoms with Crippen LogP contribution in [0, 0.1) is 0 Å². The largest absolute Gasteiger partial charge is 0.467 e. The number of nitrogens with zero attached hydrogens (tertiary/aromatic N) is 2. The average Bonchev–Trinajstić information content (AvgIpc) is 2.39. The van der Waals surface area contributed by atoms with Gasteiger partial charge in [-0.25, -0.2) is 9.97 Å². The second-order valence-electron chi connectivity index (χ2n) is 4.01. The van der Waals surface area contributed by atoms with Gasteiger partial charge in [-0.2, -0.15) is 0 Å². The highest BCUT2D eigenvalue weighted by Gasteiger charge is 2.28. The van der Waals surface area contributed by atoms with Gasteiger partial charge in [0.05, 0.1) is 7.11 Å². The Balaban J connectivity index is 2.44. The van der Waals surface area contributed by atoms with Crippen LogP contribution in [0.3, 0.4) is 0 Å². The Morgan fingerprint density at radius 2 is 1.83 bits per heavy atom. The van der Waals surface area contributed by atoms with Gasteiger partial charge >= 0.3 is 6.01 Å². The molecule has 5 heteroatoms. The highest BCUT2D eigenvalue weighted by molar-refractivity contribution is 9.10. The first-order chi connectivity index (χ1) is 8.55. The highest BCUT2D eigenvalue weighted by atomic mass is 79.9. The molecule has 1 aromatic heterocycles. The Hall–Kier alpha value is -1.46. The maximum Gasteiger partial charge on any atom is 0.316 e. The predicted molar refractivity (Wildman–Crippen MR) is 71.4 cm³/mol. The Kier molecular flexibility index (Phi) is 3.63. The number of aliphatic hydroxyl groups is 1. The van der Waals surface area contributed by atoms with Crippen molar-refractivity contribution in [2.24, 2.45) is 0 Å². The van der Waals surface area contributed by atoms with Crippen LogP contribution in [0.15, 0.2) is 41.1 Å². The van der Waals surface area contributed by atoms with Gasteiger partial charge < -0.3 is 9.84 Å². The summed E-state index contributed by atoms with van der Waals surface area (Å²) in [5.74, 6) is 0. The first-order valence-corrected chi connectivity index (χ1v) is 6.19. The van der Waals surface area contributed by atoms with Crippen LogP contribution in [0.4, 0.5) is 0 Å². The standard InChI is InChI=1S/C13H13BrN2O2/c1-13(17,10-5-3-4-6-11(10)14)9-7-15-12(18-2)16-8-9/h3-8,17H,1-2H3. The van der Waals surface area contributed by atoms with Crippen molar-refractivity contribution in [2.75, 3.05) is 7.11 Å². The topological polar surface area (TPSA) is 55.2 Å². The lowest BCUT2D eigenvalue weighted by atomic mass is 9.90. The maximum atomic E-state index is 10.7. The Bertz CT molecular complexity index is 541. The van der Waals surface area contributed by atoms with Crippen molar-refractivity contribution in [1.29, 1.82) is 0 Å². The molecule has 2 rings (SSSR count). The number of ether oxygens (including phenoxy) is 1. The summed E-state index contributed by atoms with van der Waals surface area (Å²) >= 11 is 3.43. The van der Waals surface area contributed by atoms with Crippen LogP contribution in [0.25, 0.3) is 0 Å². The van der Waals surface area contributed by atoms with Gasteiger partial charge in [0.2, 0.25) is 0 Å². The highest BCUT2D eigenvalue weighted by Crippen LogP contribution is 2.33. The van der Waals surface area contributed by atoms with E-state index in [9.17, 15) is 5.11 Å². The SMILES string of the molecule is COc1ncc(C(C)(O)c2ccccc2Br)cn1. The van der Waals surface area contributed by atoms with E-state index in [1.165, 1.54) is 7.11 Å². The number of aromatic nitrogens is 2. The molecule has 4 nitrogen and oxygen atoms in total. The third kappa shape index (κ3) is 2.37. The van der Waals surface area contributed by atoms with Gasteiger partial charge in [-0.15, -0.1) is 0 Å². The van der Waals surface area contributed by atoms with E-state index in [-0.39, 0.29) is 6.01 Å². The zero-order valence-corrected chi connectivity index (χ0v) is 11.7. The lowest BCUT2D eigenvalue weighted by Gasteiger charge is -2.24. The molecule has 0 aliphatic heterocycles. The van der Waals surface area contributed by atoms with E-state index in [0.29, 0.717) is 5.56 Å². The zero-order valence-electron chi connectivity index (χ0n) is 10.1. The minimum atomic E-state index is -1.16. The first kappa shape index (κ1) is 13.0. The average molecular weight is 309 g/mol. The van der Waals surface area contributed by atoms with Crippen molar-refractivity contribution in [1.82, 2.24) is 9.97 Å². The van der Waals surface area contributed by atoms with E-state index in [2.05, 4.69) is 25.9 Å². The zero-order chi connectivity index (χ0) is 13.2. The quantitative estimate of drug-likeness (QED) is 0.946. The molecule has 1 N–H and O–H groups in total. The maximum absolute atomic E-state index is 10.7.